The van der Waals surface area contributed by atoms with Gasteiger partial charge in [0, 0.05) is 17.5 Å². The van der Waals surface area contributed by atoms with Crippen molar-refractivity contribution >= 4 is 23.5 Å². The summed E-state index contributed by atoms with van der Waals surface area (Å²) in [6, 6.07) is 3.11. The van der Waals surface area contributed by atoms with Crippen LogP contribution in [0.5, 0.6) is 0 Å². The van der Waals surface area contributed by atoms with Crippen LogP contribution in [0.3, 0.4) is 0 Å². The van der Waals surface area contributed by atoms with E-state index < -0.39 is 17.9 Å². The van der Waals surface area contributed by atoms with Crippen LogP contribution in [0.25, 0.3) is 0 Å². The number of ether oxygens (including phenoxy) is 2. The van der Waals surface area contributed by atoms with Crippen LogP contribution >= 0.6 is 11.6 Å². The highest BCUT2D eigenvalue weighted by Crippen LogP contribution is 2.40. The van der Waals surface area contributed by atoms with Crippen molar-refractivity contribution in [2.75, 3.05) is 13.2 Å². The molecule has 0 atom stereocenters. The molecule has 0 aliphatic carbocycles. The number of aromatic nitrogens is 1. The van der Waals surface area contributed by atoms with Crippen LogP contribution in [0, 0.1) is 5.21 Å². The molecule has 1 aliphatic heterocycles. The first-order valence-electron chi connectivity index (χ1n) is 8.23. The Morgan fingerprint density at radius 2 is 1.65 bits per heavy atom. The van der Waals surface area contributed by atoms with Crippen LogP contribution in [0.4, 0.5) is 0 Å². The molecule has 1 aromatic rings. The van der Waals surface area contributed by atoms with Gasteiger partial charge in [0.05, 0.1) is 35.8 Å². The van der Waals surface area contributed by atoms with Crippen molar-refractivity contribution in [2.24, 2.45) is 0 Å². The van der Waals surface area contributed by atoms with E-state index in [4.69, 9.17) is 21.1 Å². The zero-order chi connectivity index (χ0) is 19.4. The van der Waals surface area contributed by atoms with Crippen LogP contribution in [0.2, 0.25) is 5.15 Å². The first kappa shape index (κ1) is 19.8. The van der Waals surface area contributed by atoms with E-state index in [0.29, 0.717) is 21.7 Å². The summed E-state index contributed by atoms with van der Waals surface area (Å²) in [5, 5.41) is 14.9. The number of nitrogens with zero attached hydrogens (tertiary/aromatic N) is 1. The Labute approximate surface area is 156 Å². The summed E-state index contributed by atoms with van der Waals surface area (Å²) in [4.78, 5) is 25.2. The minimum atomic E-state index is -0.872. The van der Waals surface area contributed by atoms with E-state index in [1.165, 1.54) is 12.3 Å². The van der Waals surface area contributed by atoms with Gasteiger partial charge < -0.3 is 20.0 Å². The first-order chi connectivity index (χ1) is 12.3. The van der Waals surface area contributed by atoms with Gasteiger partial charge in [0.2, 0.25) is 0 Å². The Kier molecular flexibility index (Phi) is 6.26. The van der Waals surface area contributed by atoms with Gasteiger partial charge in [-0.3, -0.25) is 0 Å². The van der Waals surface area contributed by atoms with Crippen molar-refractivity contribution in [3.63, 3.8) is 0 Å². The van der Waals surface area contributed by atoms with E-state index >= 15 is 0 Å². The number of nitrogens with one attached hydrogen (secondary N) is 1. The Morgan fingerprint density at radius 3 is 2.12 bits per heavy atom. The molecule has 26 heavy (non-hydrogen) atoms. The molecule has 0 radical (unpaired) electrons. The molecule has 0 fully saturated rings. The molecule has 2 rings (SSSR count). The lowest BCUT2D eigenvalue weighted by Gasteiger charge is -2.30. The molecule has 0 saturated carbocycles. The van der Waals surface area contributed by atoms with Crippen molar-refractivity contribution in [2.45, 2.75) is 33.6 Å². The van der Waals surface area contributed by atoms with Crippen LogP contribution < -0.4 is 10.0 Å². The average Bonchev–Trinajstić information content (AvgIpc) is 2.57. The molecule has 0 saturated heterocycles. The maximum atomic E-state index is 12.6. The minimum Gasteiger partial charge on any atom is -0.618 e. The summed E-state index contributed by atoms with van der Waals surface area (Å²) in [5.74, 6) is -2.05. The number of allylic oxidation sites excluding steroid dienone is 2. The highest BCUT2D eigenvalue weighted by Gasteiger charge is 2.40. The number of hydrogen-bond acceptors (Lipinski definition) is 6. The van der Waals surface area contributed by atoms with E-state index in [1.54, 1.807) is 33.8 Å². The van der Waals surface area contributed by atoms with Crippen molar-refractivity contribution in [1.29, 1.82) is 0 Å². The maximum Gasteiger partial charge on any atom is 0.336 e. The number of halogens is 1. The Balaban J connectivity index is 2.71. The third-order valence-corrected chi connectivity index (χ3v) is 4.38. The Hall–Kier alpha value is -2.54. The molecule has 0 unspecified atom stereocenters. The van der Waals surface area contributed by atoms with Gasteiger partial charge >= 0.3 is 11.9 Å². The van der Waals surface area contributed by atoms with Crippen molar-refractivity contribution in [3.05, 3.63) is 56.8 Å². The van der Waals surface area contributed by atoms with Crippen molar-refractivity contribution in [1.82, 2.24) is 5.32 Å². The van der Waals surface area contributed by atoms with Gasteiger partial charge in [-0.25, -0.2) is 9.59 Å². The lowest BCUT2D eigenvalue weighted by Crippen LogP contribution is -2.35. The van der Waals surface area contributed by atoms with E-state index in [0.717, 1.165) is 0 Å². The predicted octanol–water partition coefficient (Wildman–Crippen LogP) is 2.33. The highest BCUT2D eigenvalue weighted by atomic mass is 35.5. The topological polar surface area (TPSA) is 91.6 Å². The Morgan fingerprint density at radius 1 is 1.15 bits per heavy atom. The maximum absolute atomic E-state index is 12.6. The molecule has 140 valence electrons. The Bertz CT molecular complexity index is 761. The number of dihydropyridines is 1. The summed E-state index contributed by atoms with van der Waals surface area (Å²) in [6.45, 7) is 7.12. The largest absolute Gasteiger partial charge is 0.618 e. The fourth-order valence-corrected chi connectivity index (χ4v) is 3.19. The number of pyridine rings is 1. The average molecular weight is 381 g/mol. The lowest BCUT2D eigenvalue weighted by molar-refractivity contribution is -0.603. The van der Waals surface area contributed by atoms with Gasteiger partial charge in [0.1, 0.15) is 0 Å². The van der Waals surface area contributed by atoms with Gasteiger partial charge in [0.15, 0.2) is 6.20 Å². The molecular weight excluding hydrogens is 360 g/mol. The monoisotopic (exact) mass is 380 g/mol. The molecule has 1 aliphatic rings. The number of rotatable bonds is 5. The normalized spacial score (nSPS) is 15.0. The predicted molar refractivity (Wildman–Crippen MR) is 95.0 cm³/mol. The summed E-state index contributed by atoms with van der Waals surface area (Å²) >= 11 is 6.20. The SMILES string of the molecule is CCOC(=O)C1=C(C)NC(C)=C(C(=O)OCC)C1c1ccc[n+]([O-])c1Cl. The van der Waals surface area contributed by atoms with Crippen LogP contribution in [0.1, 0.15) is 39.2 Å². The summed E-state index contributed by atoms with van der Waals surface area (Å²) in [7, 11) is 0. The number of carbonyl (C=O) groups excluding carboxylic acids is 2. The van der Waals surface area contributed by atoms with Gasteiger partial charge in [0.25, 0.3) is 5.15 Å². The number of esters is 2. The highest BCUT2D eigenvalue weighted by molar-refractivity contribution is 6.29. The second kappa shape index (κ2) is 8.23. The zero-order valence-electron chi connectivity index (χ0n) is 15.1. The van der Waals surface area contributed by atoms with E-state index in [9.17, 15) is 14.8 Å². The third kappa shape index (κ3) is 3.67. The summed E-state index contributed by atoms with van der Waals surface area (Å²) in [6.07, 6.45) is 1.24. The second-order valence-electron chi connectivity index (χ2n) is 5.66. The van der Waals surface area contributed by atoms with Crippen LogP contribution in [-0.4, -0.2) is 25.2 Å². The van der Waals surface area contributed by atoms with Crippen LogP contribution in [-0.2, 0) is 19.1 Å². The molecule has 0 spiro atoms. The van der Waals surface area contributed by atoms with Crippen LogP contribution in [0.15, 0.2) is 40.9 Å². The van der Waals surface area contributed by atoms with E-state index in [1.807, 2.05) is 0 Å². The molecule has 0 bridgehead atoms. The molecule has 1 aromatic heterocycles. The first-order valence-corrected chi connectivity index (χ1v) is 8.61. The third-order valence-electron chi connectivity index (χ3n) is 3.99. The molecule has 0 aromatic carbocycles. The molecule has 0 amide bonds. The zero-order valence-corrected chi connectivity index (χ0v) is 15.8. The second-order valence-corrected chi connectivity index (χ2v) is 6.01. The van der Waals surface area contributed by atoms with Gasteiger partial charge in [-0.1, -0.05) is 0 Å². The standard InChI is InChI=1S/C18H21ClN2O5/c1-5-25-17(22)13-10(3)20-11(4)14(18(23)26-6-2)15(13)12-8-7-9-21(24)16(12)19/h7-9,15,20H,5-6H2,1-4H3. The smallest absolute Gasteiger partial charge is 0.336 e. The fourth-order valence-electron chi connectivity index (χ4n) is 2.97. The molecule has 8 heteroatoms. The number of hydrogen-bond donors (Lipinski definition) is 1. The van der Waals surface area contributed by atoms with Crippen molar-refractivity contribution in [3.8, 4) is 0 Å². The lowest BCUT2D eigenvalue weighted by atomic mass is 9.81. The molecule has 7 nitrogen and oxygen atoms in total. The van der Waals surface area contributed by atoms with Gasteiger partial charge in [-0.2, -0.15) is 4.73 Å². The summed E-state index contributed by atoms with van der Waals surface area (Å²) in [5.41, 5.74) is 1.81. The minimum absolute atomic E-state index is 0.122. The summed E-state index contributed by atoms with van der Waals surface area (Å²) < 4.78 is 10.8. The molecular formula is C18H21ClN2O5. The number of carbonyl (C=O) groups is 2. The van der Waals surface area contributed by atoms with Gasteiger partial charge in [-0.15, -0.1) is 0 Å². The fraction of sp³-hybridized carbons (Fsp3) is 0.389. The van der Waals surface area contributed by atoms with Gasteiger partial charge in [-0.05, 0) is 45.4 Å². The van der Waals surface area contributed by atoms with Crippen molar-refractivity contribution < 1.29 is 23.8 Å². The molecule has 1 N–H and O–H groups in total. The quantitative estimate of drug-likeness (QED) is 0.365. The molecule has 2 heterocycles. The van der Waals surface area contributed by atoms with E-state index in [-0.39, 0.29) is 29.5 Å². The van der Waals surface area contributed by atoms with E-state index in [2.05, 4.69) is 5.32 Å².